The summed E-state index contributed by atoms with van der Waals surface area (Å²) in [5.74, 6) is 0. The van der Waals surface area contributed by atoms with Gasteiger partial charge in [0, 0.05) is 18.0 Å². The van der Waals surface area contributed by atoms with Crippen LogP contribution in [0.25, 0.3) is 0 Å². The third kappa shape index (κ3) is 4.13. The Labute approximate surface area is 134 Å². The van der Waals surface area contributed by atoms with E-state index in [2.05, 4.69) is 5.32 Å². The van der Waals surface area contributed by atoms with Gasteiger partial charge in [-0.05, 0) is 42.8 Å². The fourth-order valence-corrected chi connectivity index (χ4v) is 2.90. The summed E-state index contributed by atoms with van der Waals surface area (Å²) in [5.41, 5.74) is 1.70. The Morgan fingerprint density at radius 2 is 1.76 bits per heavy atom. The second-order valence-electron chi connectivity index (χ2n) is 4.84. The van der Waals surface area contributed by atoms with Crippen molar-refractivity contribution >= 4 is 38.7 Å². The Kier molecular flexibility index (Phi) is 4.81. The molecule has 0 fully saturated rings. The van der Waals surface area contributed by atoms with E-state index in [4.69, 9.17) is 23.2 Å². The normalized spacial score (nSPS) is 13.0. The Hall–Kier alpha value is -1.23. The first-order valence-corrected chi connectivity index (χ1v) is 8.94. The highest BCUT2D eigenvalue weighted by atomic mass is 35.5. The van der Waals surface area contributed by atoms with Crippen LogP contribution in [-0.2, 0) is 9.84 Å². The third-order valence-electron chi connectivity index (χ3n) is 3.09. The molecule has 1 unspecified atom stereocenters. The number of hydrogen-bond acceptors (Lipinski definition) is 3. The molecule has 0 spiro atoms. The van der Waals surface area contributed by atoms with Gasteiger partial charge in [-0.2, -0.15) is 0 Å². The lowest BCUT2D eigenvalue weighted by Crippen LogP contribution is -2.07. The van der Waals surface area contributed by atoms with Gasteiger partial charge in [0.05, 0.1) is 14.9 Å². The van der Waals surface area contributed by atoms with E-state index in [-0.39, 0.29) is 10.9 Å². The molecule has 1 N–H and O–H groups in total. The zero-order chi connectivity index (χ0) is 15.6. The fourth-order valence-electron chi connectivity index (χ4n) is 1.93. The standard InChI is InChI=1S/C15H15Cl2NO2S/c1-10(11-6-7-14(16)15(17)8-11)18-12-4-3-5-13(9-12)21(2,19)20/h3-10,18H,1-2H3. The first-order chi connectivity index (χ1) is 9.77. The molecule has 21 heavy (non-hydrogen) atoms. The second kappa shape index (κ2) is 6.26. The van der Waals surface area contributed by atoms with Gasteiger partial charge in [-0.1, -0.05) is 35.3 Å². The molecule has 0 aliphatic heterocycles. The summed E-state index contributed by atoms with van der Waals surface area (Å²) in [5, 5.41) is 4.25. The van der Waals surface area contributed by atoms with Crippen LogP contribution in [0, 0.1) is 0 Å². The number of rotatable bonds is 4. The molecular weight excluding hydrogens is 329 g/mol. The zero-order valence-corrected chi connectivity index (χ0v) is 13.9. The van der Waals surface area contributed by atoms with Crippen LogP contribution in [0.1, 0.15) is 18.5 Å². The fraction of sp³-hybridized carbons (Fsp3) is 0.200. The quantitative estimate of drug-likeness (QED) is 0.884. The maximum absolute atomic E-state index is 11.6. The second-order valence-corrected chi connectivity index (χ2v) is 7.67. The van der Waals surface area contributed by atoms with Crippen molar-refractivity contribution in [1.82, 2.24) is 0 Å². The van der Waals surface area contributed by atoms with Gasteiger partial charge in [-0.15, -0.1) is 0 Å². The number of sulfone groups is 1. The summed E-state index contributed by atoms with van der Waals surface area (Å²) in [4.78, 5) is 0.286. The Balaban J connectivity index is 2.23. The predicted molar refractivity (Wildman–Crippen MR) is 88.1 cm³/mol. The van der Waals surface area contributed by atoms with Crippen molar-refractivity contribution in [2.75, 3.05) is 11.6 Å². The van der Waals surface area contributed by atoms with Crippen molar-refractivity contribution < 1.29 is 8.42 Å². The number of halogens is 2. The minimum atomic E-state index is -3.22. The minimum absolute atomic E-state index is 0.0328. The molecule has 0 saturated heterocycles. The molecule has 1 atom stereocenters. The molecule has 0 radical (unpaired) electrons. The average Bonchev–Trinajstić information content (AvgIpc) is 2.41. The van der Waals surface area contributed by atoms with E-state index in [1.807, 2.05) is 19.1 Å². The number of benzene rings is 2. The highest BCUT2D eigenvalue weighted by molar-refractivity contribution is 7.90. The van der Waals surface area contributed by atoms with Gasteiger partial charge in [-0.3, -0.25) is 0 Å². The van der Waals surface area contributed by atoms with Crippen molar-refractivity contribution in [3.8, 4) is 0 Å². The van der Waals surface area contributed by atoms with E-state index in [9.17, 15) is 8.42 Å². The van der Waals surface area contributed by atoms with Gasteiger partial charge < -0.3 is 5.32 Å². The van der Waals surface area contributed by atoms with E-state index in [0.29, 0.717) is 10.0 Å². The van der Waals surface area contributed by atoms with Crippen LogP contribution in [0.3, 0.4) is 0 Å². The maximum atomic E-state index is 11.6. The Morgan fingerprint density at radius 3 is 2.38 bits per heavy atom. The lowest BCUT2D eigenvalue weighted by atomic mass is 10.1. The molecular formula is C15H15Cl2NO2S. The summed E-state index contributed by atoms with van der Waals surface area (Å²) in [6.45, 7) is 1.96. The van der Waals surface area contributed by atoms with Crippen LogP contribution in [0.15, 0.2) is 47.4 Å². The molecule has 0 bridgehead atoms. The molecule has 3 nitrogen and oxygen atoms in total. The van der Waals surface area contributed by atoms with Crippen molar-refractivity contribution in [2.45, 2.75) is 17.9 Å². The monoisotopic (exact) mass is 343 g/mol. The topological polar surface area (TPSA) is 46.2 Å². The van der Waals surface area contributed by atoms with Gasteiger partial charge >= 0.3 is 0 Å². The first kappa shape index (κ1) is 16.1. The first-order valence-electron chi connectivity index (χ1n) is 6.29. The Morgan fingerprint density at radius 1 is 1.05 bits per heavy atom. The van der Waals surface area contributed by atoms with Crippen LogP contribution in [0.2, 0.25) is 10.0 Å². The number of anilines is 1. The van der Waals surface area contributed by atoms with Crippen LogP contribution < -0.4 is 5.32 Å². The van der Waals surface area contributed by atoms with Gasteiger partial charge in [0.25, 0.3) is 0 Å². The highest BCUT2D eigenvalue weighted by Crippen LogP contribution is 2.27. The maximum Gasteiger partial charge on any atom is 0.175 e. The van der Waals surface area contributed by atoms with Gasteiger partial charge in [0.1, 0.15) is 0 Å². The van der Waals surface area contributed by atoms with Crippen molar-refractivity contribution in [3.05, 3.63) is 58.1 Å². The van der Waals surface area contributed by atoms with Gasteiger partial charge in [0.2, 0.25) is 0 Å². The molecule has 0 aromatic heterocycles. The summed E-state index contributed by atoms with van der Waals surface area (Å²) in [6.07, 6.45) is 1.19. The number of nitrogens with one attached hydrogen (secondary N) is 1. The highest BCUT2D eigenvalue weighted by Gasteiger charge is 2.10. The van der Waals surface area contributed by atoms with Crippen LogP contribution in [0.5, 0.6) is 0 Å². The molecule has 0 aliphatic rings. The lowest BCUT2D eigenvalue weighted by molar-refractivity contribution is 0.602. The smallest absolute Gasteiger partial charge is 0.175 e. The largest absolute Gasteiger partial charge is 0.378 e. The predicted octanol–water partition coefficient (Wildman–Crippen LogP) is 4.57. The molecule has 112 valence electrons. The molecule has 2 aromatic carbocycles. The molecule has 0 saturated carbocycles. The minimum Gasteiger partial charge on any atom is -0.378 e. The van der Waals surface area contributed by atoms with E-state index < -0.39 is 9.84 Å². The van der Waals surface area contributed by atoms with E-state index in [0.717, 1.165) is 11.3 Å². The van der Waals surface area contributed by atoms with E-state index in [1.54, 1.807) is 30.3 Å². The summed E-state index contributed by atoms with van der Waals surface area (Å²) in [7, 11) is -3.22. The van der Waals surface area contributed by atoms with Crippen LogP contribution in [0.4, 0.5) is 5.69 Å². The third-order valence-corrected chi connectivity index (χ3v) is 4.94. The molecule has 0 aliphatic carbocycles. The van der Waals surface area contributed by atoms with Crippen molar-refractivity contribution in [1.29, 1.82) is 0 Å². The average molecular weight is 344 g/mol. The molecule has 6 heteroatoms. The van der Waals surface area contributed by atoms with Crippen molar-refractivity contribution in [3.63, 3.8) is 0 Å². The van der Waals surface area contributed by atoms with E-state index >= 15 is 0 Å². The van der Waals surface area contributed by atoms with Crippen molar-refractivity contribution in [2.24, 2.45) is 0 Å². The van der Waals surface area contributed by atoms with Gasteiger partial charge in [-0.25, -0.2) is 8.42 Å². The summed E-state index contributed by atoms with van der Waals surface area (Å²) >= 11 is 11.9. The zero-order valence-electron chi connectivity index (χ0n) is 11.6. The Bertz CT molecular complexity index is 760. The van der Waals surface area contributed by atoms with E-state index in [1.165, 1.54) is 6.26 Å². The molecule has 0 amide bonds. The summed E-state index contributed by atoms with van der Waals surface area (Å²) < 4.78 is 23.1. The SMILES string of the molecule is CC(Nc1cccc(S(C)(=O)=O)c1)c1ccc(Cl)c(Cl)c1. The molecule has 2 rings (SSSR count). The van der Waals surface area contributed by atoms with Crippen LogP contribution in [-0.4, -0.2) is 14.7 Å². The van der Waals surface area contributed by atoms with Gasteiger partial charge in [0.15, 0.2) is 9.84 Å². The molecule has 2 aromatic rings. The number of hydrogen-bond donors (Lipinski definition) is 1. The summed E-state index contributed by atoms with van der Waals surface area (Å²) in [6, 6.07) is 12.1. The van der Waals surface area contributed by atoms with Crippen LogP contribution >= 0.6 is 23.2 Å². The lowest BCUT2D eigenvalue weighted by Gasteiger charge is -2.17. The molecule has 0 heterocycles.